The molecule has 1 aliphatic heterocycles. The predicted octanol–water partition coefficient (Wildman–Crippen LogP) is -0.260. The zero-order valence-electron chi connectivity index (χ0n) is 10.3. The van der Waals surface area contributed by atoms with Crippen LogP contribution in [0.2, 0.25) is 0 Å². The zero-order valence-corrected chi connectivity index (χ0v) is 10.3. The van der Waals surface area contributed by atoms with Crippen molar-refractivity contribution >= 4 is 0 Å². The fourth-order valence-electron chi connectivity index (χ4n) is 2.06. The Morgan fingerprint density at radius 2 is 2.38 bits per heavy atom. The average molecular weight is 229 g/mol. The van der Waals surface area contributed by atoms with Gasteiger partial charge in [0, 0.05) is 19.7 Å². The van der Waals surface area contributed by atoms with Gasteiger partial charge in [0.1, 0.15) is 6.23 Å². The molecule has 5 nitrogen and oxygen atoms in total. The van der Waals surface area contributed by atoms with Gasteiger partial charge in [-0.05, 0) is 26.2 Å². The molecule has 1 saturated heterocycles. The summed E-state index contributed by atoms with van der Waals surface area (Å²) in [5.41, 5.74) is 5.44. The van der Waals surface area contributed by atoms with Crippen molar-refractivity contribution in [3.05, 3.63) is 12.3 Å². The molecule has 1 aliphatic rings. The second-order valence-electron chi connectivity index (χ2n) is 3.99. The lowest BCUT2D eigenvalue weighted by Crippen LogP contribution is -2.56. The summed E-state index contributed by atoms with van der Waals surface area (Å²) >= 11 is 0. The molecular weight excluding hydrogens is 206 g/mol. The molecule has 1 rings (SSSR count). The maximum Gasteiger partial charge on any atom is 0.129 e. The van der Waals surface area contributed by atoms with Crippen LogP contribution in [-0.4, -0.2) is 57.1 Å². The van der Waals surface area contributed by atoms with Crippen LogP contribution in [0.15, 0.2) is 12.3 Å². The molecule has 16 heavy (non-hydrogen) atoms. The zero-order chi connectivity index (χ0) is 12.0. The first-order valence-corrected chi connectivity index (χ1v) is 5.66. The molecule has 3 atom stereocenters. The van der Waals surface area contributed by atoms with Crippen LogP contribution in [-0.2, 0) is 9.47 Å². The third-order valence-electron chi connectivity index (χ3n) is 2.95. The van der Waals surface area contributed by atoms with Gasteiger partial charge in [0.15, 0.2) is 0 Å². The van der Waals surface area contributed by atoms with Crippen molar-refractivity contribution in [2.45, 2.75) is 25.2 Å². The van der Waals surface area contributed by atoms with Gasteiger partial charge in [-0.2, -0.15) is 0 Å². The number of nitrogens with one attached hydrogen (secondary N) is 1. The molecule has 5 heteroatoms. The number of nitrogens with two attached hydrogens (primary N) is 1. The number of likely N-dealkylation sites (N-methyl/N-ethyl adjacent to an activating group) is 1. The van der Waals surface area contributed by atoms with Crippen LogP contribution < -0.4 is 11.1 Å². The van der Waals surface area contributed by atoms with E-state index in [4.69, 9.17) is 15.2 Å². The minimum absolute atomic E-state index is 0.0105. The van der Waals surface area contributed by atoms with Gasteiger partial charge in [0.2, 0.25) is 0 Å². The predicted molar refractivity (Wildman–Crippen MR) is 64.0 cm³/mol. The van der Waals surface area contributed by atoms with Crippen LogP contribution in [0.1, 0.15) is 6.92 Å². The van der Waals surface area contributed by atoms with Crippen molar-refractivity contribution in [3.63, 3.8) is 0 Å². The lowest BCUT2D eigenvalue weighted by Gasteiger charge is -2.41. The smallest absolute Gasteiger partial charge is 0.129 e. The first kappa shape index (κ1) is 13.4. The summed E-state index contributed by atoms with van der Waals surface area (Å²) in [5, 5.41) is 3.20. The van der Waals surface area contributed by atoms with E-state index in [9.17, 15) is 0 Å². The van der Waals surface area contributed by atoms with E-state index in [1.807, 2.05) is 13.1 Å². The summed E-state index contributed by atoms with van der Waals surface area (Å²) in [7, 11) is 3.63. The molecule has 3 N–H and O–H groups in total. The summed E-state index contributed by atoms with van der Waals surface area (Å²) in [6, 6.07) is 0.455. The van der Waals surface area contributed by atoms with Gasteiger partial charge in [-0.1, -0.05) is 0 Å². The molecule has 0 amide bonds. The highest BCUT2D eigenvalue weighted by atomic mass is 16.5. The molecule has 1 heterocycles. The van der Waals surface area contributed by atoms with Gasteiger partial charge >= 0.3 is 0 Å². The van der Waals surface area contributed by atoms with Crippen molar-refractivity contribution in [3.8, 4) is 0 Å². The van der Waals surface area contributed by atoms with Crippen molar-refractivity contribution < 1.29 is 9.47 Å². The fourth-order valence-corrected chi connectivity index (χ4v) is 2.06. The van der Waals surface area contributed by atoms with Crippen molar-refractivity contribution in [2.24, 2.45) is 5.73 Å². The van der Waals surface area contributed by atoms with E-state index >= 15 is 0 Å². The van der Waals surface area contributed by atoms with Crippen molar-refractivity contribution in [1.82, 2.24) is 10.2 Å². The summed E-state index contributed by atoms with van der Waals surface area (Å²) in [4.78, 5) is 2.30. The first-order valence-electron chi connectivity index (χ1n) is 5.66. The number of nitrogens with zero attached hydrogens (tertiary/aromatic N) is 1. The molecule has 0 spiro atoms. The standard InChI is InChI=1S/C11H23N3O2/c1-9-8-16-7-6-14(9)11(15-3)10(13-2)4-5-12/h4-5,9-11,13H,6-8,12H2,1-3H3/b5-4-/t9-,10?,11?/m0/s1. The number of ether oxygens (including phenoxy) is 2. The first-order chi connectivity index (χ1) is 7.74. The van der Waals surface area contributed by atoms with E-state index in [2.05, 4.69) is 17.1 Å². The van der Waals surface area contributed by atoms with Gasteiger partial charge in [0.05, 0.1) is 19.3 Å². The van der Waals surface area contributed by atoms with E-state index in [1.54, 1.807) is 13.3 Å². The molecule has 2 unspecified atom stereocenters. The van der Waals surface area contributed by atoms with E-state index < -0.39 is 0 Å². The molecule has 0 bridgehead atoms. The molecular formula is C11H23N3O2. The van der Waals surface area contributed by atoms with E-state index in [0.29, 0.717) is 6.04 Å². The second-order valence-corrected chi connectivity index (χ2v) is 3.99. The Morgan fingerprint density at radius 1 is 1.62 bits per heavy atom. The van der Waals surface area contributed by atoms with Gasteiger partial charge in [0.25, 0.3) is 0 Å². The Morgan fingerprint density at radius 3 is 2.88 bits per heavy atom. The Kier molecular flexibility index (Phi) is 5.76. The number of hydrogen-bond donors (Lipinski definition) is 2. The molecule has 94 valence electrons. The average Bonchev–Trinajstić information content (AvgIpc) is 2.31. The lowest BCUT2D eigenvalue weighted by molar-refractivity contribution is -0.113. The summed E-state index contributed by atoms with van der Waals surface area (Å²) < 4.78 is 11.0. The monoisotopic (exact) mass is 229 g/mol. The minimum atomic E-state index is -0.0105. The molecule has 0 saturated carbocycles. The van der Waals surface area contributed by atoms with Crippen LogP contribution >= 0.6 is 0 Å². The molecule has 0 aromatic carbocycles. The highest BCUT2D eigenvalue weighted by Gasteiger charge is 2.30. The maximum atomic E-state index is 5.57. The second kappa shape index (κ2) is 6.85. The van der Waals surface area contributed by atoms with Gasteiger partial charge in [-0.25, -0.2) is 0 Å². The van der Waals surface area contributed by atoms with Crippen LogP contribution in [0.4, 0.5) is 0 Å². The quantitative estimate of drug-likeness (QED) is 0.680. The highest BCUT2D eigenvalue weighted by Crippen LogP contribution is 2.14. The maximum absolute atomic E-state index is 5.57. The van der Waals surface area contributed by atoms with E-state index in [-0.39, 0.29) is 12.3 Å². The van der Waals surface area contributed by atoms with Crippen LogP contribution in [0.5, 0.6) is 0 Å². The largest absolute Gasteiger partial charge is 0.405 e. The highest BCUT2D eigenvalue weighted by molar-refractivity contribution is 4.96. The van der Waals surface area contributed by atoms with E-state index in [1.165, 1.54) is 0 Å². The molecule has 0 aliphatic carbocycles. The van der Waals surface area contributed by atoms with Gasteiger partial charge in [-0.3, -0.25) is 4.90 Å². The third-order valence-corrected chi connectivity index (χ3v) is 2.95. The van der Waals surface area contributed by atoms with Crippen LogP contribution in [0.25, 0.3) is 0 Å². The summed E-state index contributed by atoms with van der Waals surface area (Å²) in [6.45, 7) is 4.54. The number of hydrogen-bond acceptors (Lipinski definition) is 5. The molecule has 1 fully saturated rings. The summed E-state index contributed by atoms with van der Waals surface area (Å²) in [5.74, 6) is 0. The Balaban J connectivity index is 2.69. The van der Waals surface area contributed by atoms with E-state index in [0.717, 1.165) is 19.8 Å². The Hall–Kier alpha value is -0.620. The minimum Gasteiger partial charge on any atom is -0.405 e. The fraction of sp³-hybridized carbons (Fsp3) is 0.818. The Labute approximate surface area is 97.6 Å². The topological polar surface area (TPSA) is 59.8 Å². The third kappa shape index (κ3) is 3.18. The van der Waals surface area contributed by atoms with Crippen LogP contribution in [0.3, 0.4) is 0 Å². The van der Waals surface area contributed by atoms with Gasteiger partial charge in [-0.15, -0.1) is 0 Å². The number of morpholine rings is 1. The Bertz CT molecular complexity index is 223. The number of rotatable bonds is 5. The van der Waals surface area contributed by atoms with Crippen molar-refractivity contribution in [2.75, 3.05) is 33.9 Å². The lowest BCUT2D eigenvalue weighted by atomic mass is 10.1. The summed E-state index contributed by atoms with van der Waals surface area (Å²) in [6.07, 6.45) is 3.46. The SMILES string of the molecule is CNC(/C=C\N)C(OC)N1CCOC[C@@H]1C. The van der Waals surface area contributed by atoms with Gasteiger partial charge < -0.3 is 20.5 Å². The van der Waals surface area contributed by atoms with Crippen LogP contribution in [0, 0.1) is 0 Å². The van der Waals surface area contributed by atoms with Crippen molar-refractivity contribution in [1.29, 1.82) is 0 Å². The normalized spacial score (nSPS) is 27.1. The molecule has 0 aromatic rings. The number of methoxy groups -OCH3 is 1. The molecule has 0 aromatic heterocycles. The molecule has 0 radical (unpaired) electrons.